The van der Waals surface area contributed by atoms with Crippen LogP contribution in [0.1, 0.15) is 5.56 Å². The van der Waals surface area contributed by atoms with Crippen LogP contribution < -0.4 is 9.80 Å². The summed E-state index contributed by atoms with van der Waals surface area (Å²) in [5, 5.41) is 14.6. The van der Waals surface area contributed by atoms with Crippen molar-refractivity contribution in [2.45, 2.75) is 6.92 Å². The zero-order valence-electron chi connectivity index (χ0n) is 54.5. The average molecular weight is 1260 g/mol. The van der Waals surface area contributed by atoms with Gasteiger partial charge in [-0.15, -0.1) is 0 Å². The fraction of sp³-hybridized carbons (Fsp3) is 0.0105. The zero-order chi connectivity index (χ0) is 65.5. The van der Waals surface area contributed by atoms with Gasteiger partial charge in [-0.25, -0.2) is 0 Å². The molecule has 0 aliphatic carbocycles. The fourth-order valence-corrected chi connectivity index (χ4v) is 15.6. The monoisotopic (exact) mass is 1260 g/mol. The molecule has 464 valence electrons. The molecule has 0 bridgehead atoms. The molecule has 0 unspecified atom stereocenters. The number of anilines is 6. The molecule has 0 aliphatic heterocycles. The second-order valence-electron chi connectivity index (χ2n) is 26.1. The molecule has 0 amide bonds. The summed E-state index contributed by atoms with van der Waals surface area (Å²) in [6.45, 7) is 2.21. The first-order valence-electron chi connectivity index (χ1n) is 34.1. The molecule has 0 atom stereocenters. The molecule has 2 heterocycles. The van der Waals surface area contributed by atoms with Crippen molar-refractivity contribution in [3.05, 3.63) is 376 Å². The minimum atomic E-state index is 1.07. The Morgan fingerprint density at radius 1 is 0.192 bits per heavy atom. The van der Waals surface area contributed by atoms with Gasteiger partial charge in [-0.3, -0.25) is 0 Å². The molecule has 0 fully saturated rings. The van der Waals surface area contributed by atoms with Crippen LogP contribution in [0, 0.1) is 6.92 Å². The highest BCUT2D eigenvalue weighted by Crippen LogP contribution is 2.48. The van der Waals surface area contributed by atoms with Crippen LogP contribution in [0.5, 0.6) is 0 Å². The number of hydrogen-bond acceptors (Lipinski definition) is 2. The predicted molar refractivity (Wildman–Crippen MR) is 421 cm³/mol. The van der Waals surface area contributed by atoms with Crippen molar-refractivity contribution < 1.29 is 0 Å². The Morgan fingerprint density at radius 3 is 0.949 bits per heavy atom. The number of nitrogens with zero attached hydrogens (tertiary/aromatic N) is 4. The second kappa shape index (κ2) is 23.7. The molecular weight excluding hydrogens is 1200 g/mol. The van der Waals surface area contributed by atoms with E-state index in [1.807, 2.05) is 0 Å². The highest BCUT2D eigenvalue weighted by molar-refractivity contribution is 6.22. The molecule has 19 aromatic rings. The molecule has 0 radical (unpaired) electrons. The van der Waals surface area contributed by atoms with Crippen LogP contribution in [-0.4, -0.2) is 9.13 Å². The Kier molecular flexibility index (Phi) is 13.8. The summed E-state index contributed by atoms with van der Waals surface area (Å²) in [5.41, 5.74) is 24.2. The molecule has 4 heteroatoms. The summed E-state index contributed by atoms with van der Waals surface area (Å²) < 4.78 is 4.82. The maximum Gasteiger partial charge on any atom is 0.0542 e. The predicted octanol–water partition coefficient (Wildman–Crippen LogP) is 26.4. The fourth-order valence-electron chi connectivity index (χ4n) is 15.6. The smallest absolute Gasteiger partial charge is 0.0542 e. The summed E-state index contributed by atoms with van der Waals surface area (Å²) in [5.74, 6) is 0. The number of benzene rings is 17. The summed E-state index contributed by atoms with van der Waals surface area (Å²) in [6.07, 6.45) is 0. The van der Waals surface area contributed by atoms with Crippen LogP contribution in [0.4, 0.5) is 34.1 Å². The van der Waals surface area contributed by atoms with Gasteiger partial charge in [0.15, 0.2) is 0 Å². The lowest BCUT2D eigenvalue weighted by molar-refractivity contribution is 1.18. The lowest BCUT2D eigenvalue weighted by Crippen LogP contribution is -2.09. The molecule has 99 heavy (non-hydrogen) atoms. The summed E-state index contributed by atoms with van der Waals surface area (Å²) in [4.78, 5) is 4.80. The van der Waals surface area contributed by atoms with E-state index in [1.54, 1.807) is 0 Å². The molecule has 2 aromatic heterocycles. The van der Waals surface area contributed by atoms with Gasteiger partial charge in [0, 0.05) is 67.0 Å². The van der Waals surface area contributed by atoms with Gasteiger partial charge in [0.05, 0.1) is 22.1 Å². The van der Waals surface area contributed by atoms with Gasteiger partial charge in [0.1, 0.15) is 0 Å². The molecule has 0 N–H and O–H groups in total. The second-order valence-corrected chi connectivity index (χ2v) is 26.1. The molecule has 0 aliphatic rings. The van der Waals surface area contributed by atoms with E-state index in [0.29, 0.717) is 0 Å². The van der Waals surface area contributed by atoms with Crippen molar-refractivity contribution in [1.29, 1.82) is 0 Å². The van der Waals surface area contributed by atoms with E-state index in [4.69, 9.17) is 0 Å². The highest BCUT2D eigenvalue weighted by Gasteiger charge is 2.24. The van der Waals surface area contributed by atoms with Crippen LogP contribution in [0.25, 0.3) is 143 Å². The first-order chi connectivity index (χ1) is 49.0. The standard InChI is InChI=1S/C95H64N4/c1-63-34-51-84-89(56-63)95(67-41-47-79(48-42-67)97(75-26-8-3-9-27-75)81-50-55-93-88(62-81)86-60-73(71-38-36-65-21-15-17-23-69(65)58-71)44-53-91(86)99(93)77-30-12-5-13-31-77)83-33-19-18-32-82(83)94(84)66-39-45-78(46-40-66)96(74-24-6-2-7-25-74)80-49-54-92-87(61-80)85-59-72(70-37-35-64-20-14-16-22-68(64)57-70)43-52-90(85)98(92)76-28-10-4-11-29-76/h2-62H,1H3. The van der Waals surface area contributed by atoms with Crippen molar-refractivity contribution in [2.24, 2.45) is 0 Å². The number of aromatic nitrogens is 2. The van der Waals surface area contributed by atoms with Crippen molar-refractivity contribution in [3.8, 4) is 55.9 Å². The highest BCUT2D eigenvalue weighted by atomic mass is 15.1. The lowest BCUT2D eigenvalue weighted by Gasteiger charge is -2.26. The van der Waals surface area contributed by atoms with Gasteiger partial charge in [-0.05, 0) is 240 Å². The quantitative estimate of drug-likeness (QED) is 0.113. The van der Waals surface area contributed by atoms with Crippen LogP contribution in [0.3, 0.4) is 0 Å². The SMILES string of the molecule is Cc1ccc2c(-c3ccc(N(c4ccccc4)c4ccc5c(c4)c4cc(-c6ccc7ccccc7c6)ccc4n5-c4ccccc4)cc3)c3ccccc3c(-c3ccc(N(c4ccccc4)c4ccc5c(c4)c4cc(-c6ccc7ccccc7c6)ccc4n5-c4ccccc4)cc3)c2c1. The van der Waals surface area contributed by atoms with Gasteiger partial charge >= 0.3 is 0 Å². The topological polar surface area (TPSA) is 16.3 Å². The zero-order valence-corrected chi connectivity index (χ0v) is 54.5. The van der Waals surface area contributed by atoms with Gasteiger partial charge in [-0.1, -0.05) is 230 Å². The first-order valence-corrected chi connectivity index (χ1v) is 34.1. The number of rotatable bonds is 12. The van der Waals surface area contributed by atoms with Crippen LogP contribution in [0.15, 0.2) is 370 Å². The van der Waals surface area contributed by atoms with Gasteiger partial charge in [-0.2, -0.15) is 0 Å². The van der Waals surface area contributed by atoms with E-state index in [2.05, 4.69) is 396 Å². The largest absolute Gasteiger partial charge is 0.310 e. The average Bonchev–Trinajstić information content (AvgIpc) is 1.69. The molecule has 17 aromatic carbocycles. The van der Waals surface area contributed by atoms with E-state index in [1.165, 1.54) is 115 Å². The van der Waals surface area contributed by atoms with E-state index in [0.717, 1.165) is 67.7 Å². The van der Waals surface area contributed by atoms with Crippen LogP contribution >= 0.6 is 0 Å². The van der Waals surface area contributed by atoms with Crippen molar-refractivity contribution >= 4 is 121 Å². The Bertz CT molecular complexity index is 6330. The third kappa shape index (κ3) is 9.91. The van der Waals surface area contributed by atoms with E-state index in [9.17, 15) is 0 Å². The third-order valence-corrected chi connectivity index (χ3v) is 20.2. The normalized spacial score (nSPS) is 11.7. The molecular formula is C95H64N4. The van der Waals surface area contributed by atoms with Crippen molar-refractivity contribution in [2.75, 3.05) is 9.80 Å². The van der Waals surface area contributed by atoms with Gasteiger partial charge < -0.3 is 18.9 Å². The van der Waals surface area contributed by atoms with E-state index >= 15 is 0 Å². The molecule has 19 rings (SSSR count). The number of aryl methyl sites for hydroxylation is 1. The Labute approximate surface area is 574 Å². The minimum Gasteiger partial charge on any atom is -0.310 e. The molecule has 0 saturated heterocycles. The first kappa shape index (κ1) is 57.4. The molecule has 4 nitrogen and oxygen atoms in total. The van der Waals surface area contributed by atoms with Crippen LogP contribution in [0.2, 0.25) is 0 Å². The number of fused-ring (bicyclic) bond motifs is 10. The van der Waals surface area contributed by atoms with Gasteiger partial charge in [0.25, 0.3) is 0 Å². The summed E-state index contributed by atoms with van der Waals surface area (Å²) >= 11 is 0. The summed E-state index contributed by atoms with van der Waals surface area (Å²) in [7, 11) is 0. The van der Waals surface area contributed by atoms with Crippen LogP contribution in [-0.2, 0) is 0 Å². The summed E-state index contributed by atoms with van der Waals surface area (Å²) in [6, 6.07) is 136. The Hall–Kier alpha value is -13.0. The van der Waals surface area contributed by atoms with Crippen molar-refractivity contribution in [1.82, 2.24) is 9.13 Å². The Morgan fingerprint density at radius 2 is 0.505 bits per heavy atom. The number of hydrogen-bond donors (Lipinski definition) is 0. The molecule has 0 spiro atoms. The number of para-hydroxylation sites is 4. The van der Waals surface area contributed by atoms with Crippen molar-refractivity contribution in [3.63, 3.8) is 0 Å². The van der Waals surface area contributed by atoms with E-state index < -0.39 is 0 Å². The maximum absolute atomic E-state index is 2.41. The lowest BCUT2D eigenvalue weighted by atomic mass is 9.85. The minimum absolute atomic E-state index is 1.07. The van der Waals surface area contributed by atoms with Gasteiger partial charge in [0.2, 0.25) is 0 Å². The Balaban J connectivity index is 0.709. The molecule has 0 saturated carbocycles. The maximum atomic E-state index is 2.41. The van der Waals surface area contributed by atoms with E-state index in [-0.39, 0.29) is 0 Å². The third-order valence-electron chi connectivity index (χ3n) is 20.2.